The van der Waals surface area contributed by atoms with Gasteiger partial charge in [-0.3, -0.25) is 0 Å². The number of hydrogen-bond acceptors (Lipinski definition) is 5. The predicted molar refractivity (Wildman–Crippen MR) is 59.3 cm³/mol. The number of sulfone groups is 1. The summed E-state index contributed by atoms with van der Waals surface area (Å²) in [5.74, 6) is -0.909. The first-order chi connectivity index (χ1) is 7.95. The molecule has 0 spiro atoms. The third-order valence-electron chi connectivity index (χ3n) is 2.68. The highest BCUT2D eigenvalue weighted by molar-refractivity contribution is 7.91. The van der Waals surface area contributed by atoms with E-state index in [2.05, 4.69) is 4.74 Å². The van der Waals surface area contributed by atoms with Gasteiger partial charge in [0.25, 0.3) is 0 Å². The van der Waals surface area contributed by atoms with Gasteiger partial charge in [-0.1, -0.05) is 6.07 Å². The fourth-order valence-corrected chi connectivity index (χ4v) is 3.14. The molecule has 5 nitrogen and oxygen atoms in total. The summed E-state index contributed by atoms with van der Waals surface area (Å²) in [6.45, 7) is 1.77. The molecule has 0 saturated heterocycles. The second-order valence-electron chi connectivity index (χ2n) is 3.79. The molecular weight excluding hydrogens is 244 g/mol. The number of rotatable bonds is 1. The van der Waals surface area contributed by atoms with E-state index in [1.54, 1.807) is 13.0 Å². The Morgan fingerprint density at radius 3 is 2.82 bits per heavy atom. The lowest BCUT2D eigenvalue weighted by molar-refractivity contribution is 0.0599. The van der Waals surface area contributed by atoms with E-state index < -0.39 is 15.8 Å². The zero-order valence-electron chi connectivity index (χ0n) is 9.47. The molecule has 1 aliphatic heterocycles. The molecule has 0 fully saturated rings. The molecule has 0 N–H and O–H groups in total. The number of fused-ring (bicyclic) bond motifs is 1. The van der Waals surface area contributed by atoms with Gasteiger partial charge in [-0.2, -0.15) is 0 Å². The van der Waals surface area contributed by atoms with Crippen LogP contribution in [-0.2, 0) is 19.3 Å². The first-order valence-electron chi connectivity index (χ1n) is 5.02. The molecule has 1 aliphatic rings. The zero-order valence-corrected chi connectivity index (χ0v) is 10.3. The molecule has 0 saturated carbocycles. The van der Waals surface area contributed by atoms with Crippen LogP contribution >= 0.6 is 0 Å². The molecule has 92 valence electrons. The molecule has 1 aromatic rings. The van der Waals surface area contributed by atoms with Crippen LogP contribution in [0, 0.1) is 0 Å². The Bertz CT molecular complexity index is 561. The van der Waals surface area contributed by atoms with E-state index in [1.807, 2.05) is 0 Å². The summed E-state index contributed by atoms with van der Waals surface area (Å²) < 4.78 is 33.3. The van der Waals surface area contributed by atoms with Crippen LogP contribution in [0.25, 0.3) is 0 Å². The average molecular weight is 256 g/mol. The zero-order chi connectivity index (χ0) is 12.6. The first-order valence-corrected chi connectivity index (χ1v) is 6.67. The van der Waals surface area contributed by atoms with Crippen LogP contribution in [0.15, 0.2) is 23.1 Å². The number of benzene rings is 1. The fourth-order valence-electron chi connectivity index (χ4n) is 1.73. The van der Waals surface area contributed by atoms with Gasteiger partial charge in [0.1, 0.15) is 0 Å². The smallest absolute Gasteiger partial charge is 0.337 e. The van der Waals surface area contributed by atoms with E-state index in [1.165, 1.54) is 19.2 Å². The third kappa shape index (κ3) is 2.05. The molecule has 0 aliphatic carbocycles. The third-order valence-corrected chi connectivity index (χ3v) is 4.15. The monoisotopic (exact) mass is 256 g/mol. The van der Waals surface area contributed by atoms with E-state index >= 15 is 0 Å². The van der Waals surface area contributed by atoms with Crippen molar-refractivity contribution in [1.82, 2.24) is 0 Å². The Morgan fingerprint density at radius 2 is 2.18 bits per heavy atom. The van der Waals surface area contributed by atoms with Crippen LogP contribution in [-0.4, -0.2) is 27.4 Å². The van der Waals surface area contributed by atoms with Crippen LogP contribution in [0.2, 0.25) is 0 Å². The van der Waals surface area contributed by atoms with Gasteiger partial charge in [-0.05, 0) is 24.6 Å². The van der Waals surface area contributed by atoms with Crippen molar-refractivity contribution in [3.8, 4) is 0 Å². The van der Waals surface area contributed by atoms with Crippen molar-refractivity contribution in [3.63, 3.8) is 0 Å². The summed E-state index contributed by atoms with van der Waals surface area (Å²) in [6, 6.07) is 4.46. The Morgan fingerprint density at radius 1 is 1.47 bits per heavy atom. The SMILES string of the molecule is COC(=O)c1ccc2c(c1)S(=O)(=O)COC2C. The molecule has 1 atom stereocenters. The second-order valence-corrected chi connectivity index (χ2v) is 5.69. The highest BCUT2D eigenvalue weighted by Gasteiger charge is 2.29. The highest BCUT2D eigenvalue weighted by Crippen LogP contribution is 2.32. The van der Waals surface area contributed by atoms with Gasteiger partial charge in [0.05, 0.1) is 23.7 Å². The van der Waals surface area contributed by atoms with Gasteiger partial charge in [-0.15, -0.1) is 0 Å². The number of hydrogen-bond donors (Lipinski definition) is 0. The molecule has 1 heterocycles. The summed E-state index contributed by atoms with van der Waals surface area (Å²) in [4.78, 5) is 11.5. The highest BCUT2D eigenvalue weighted by atomic mass is 32.2. The maximum Gasteiger partial charge on any atom is 0.337 e. The molecule has 1 unspecified atom stereocenters. The minimum atomic E-state index is -3.47. The van der Waals surface area contributed by atoms with Crippen LogP contribution in [0.3, 0.4) is 0 Å². The van der Waals surface area contributed by atoms with Gasteiger partial charge in [0.15, 0.2) is 5.94 Å². The van der Waals surface area contributed by atoms with Crippen LogP contribution in [0.1, 0.15) is 28.9 Å². The minimum Gasteiger partial charge on any atom is -0.465 e. The quantitative estimate of drug-likeness (QED) is 0.708. The van der Waals surface area contributed by atoms with E-state index in [4.69, 9.17) is 4.74 Å². The molecule has 0 bridgehead atoms. The molecule has 2 rings (SSSR count). The Hall–Kier alpha value is -1.40. The summed E-state index contributed by atoms with van der Waals surface area (Å²) in [5, 5.41) is 0. The molecule has 0 radical (unpaired) electrons. The Balaban J connectivity index is 2.60. The molecule has 6 heteroatoms. The first kappa shape index (κ1) is 12.1. The number of carbonyl (C=O) groups excluding carboxylic acids is 1. The number of esters is 1. The Kier molecular flexibility index (Phi) is 2.92. The van der Waals surface area contributed by atoms with Crippen LogP contribution < -0.4 is 0 Å². The predicted octanol–water partition coefficient (Wildman–Crippen LogP) is 1.30. The topological polar surface area (TPSA) is 69.7 Å². The molecule has 17 heavy (non-hydrogen) atoms. The summed E-state index contributed by atoms with van der Waals surface area (Å²) in [6.07, 6.45) is -0.291. The number of methoxy groups -OCH3 is 1. The van der Waals surface area contributed by atoms with Gasteiger partial charge in [-0.25, -0.2) is 13.2 Å². The van der Waals surface area contributed by atoms with Crippen molar-refractivity contribution < 1.29 is 22.7 Å². The molecule has 0 amide bonds. The van der Waals surface area contributed by atoms with Crippen molar-refractivity contribution in [2.45, 2.75) is 17.9 Å². The van der Waals surface area contributed by atoms with Crippen molar-refractivity contribution in [2.24, 2.45) is 0 Å². The van der Waals surface area contributed by atoms with Crippen LogP contribution in [0.5, 0.6) is 0 Å². The summed E-state index contributed by atoms with van der Waals surface area (Å²) in [7, 11) is -2.22. The standard InChI is InChI=1S/C11H12O5S/c1-7-9-4-3-8(11(12)15-2)5-10(9)17(13,14)6-16-7/h3-5,7H,6H2,1-2H3. The molecule has 1 aromatic carbocycles. The van der Waals surface area contributed by atoms with Crippen LogP contribution in [0.4, 0.5) is 0 Å². The largest absolute Gasteiger partial charge is 0.465 e. The number of ether oxygens (including phenoxy) is 2. The fraction of sp³-hybridized carbons (Fsp3) is 0.364. The summed E-state index contributed by atoms with van der Waals surface area (Å²) >= 11 is 0. The van der Waals surface area contributed by atoms with Gasteiger partial charge in [0, 0.05) is 0 Å². The molecule has 0 aromatic heterocycles. The lowest BCUT2D eigenvalue weighted by Crippen LogP contribution is -2.21. The normalized spacial score (nSPS) is 21.6. The Labute approximate surface area is 99.3 Å². The second kappa shape index (κ2) is 4.12. The van der Waals surface area contributed by atoms with Gasteiger partial charge in [0.2, 0.25) is 9.84 Å². The average Bonchev–Trinajstić information content (AvgIpc) is 2.33. The maximum atomic E-state index is 11.8. The van der Waals surface area contributed by atoms with E-state index in [0.29, 0.717) is 5.56 Å². The van der Waals surface area contributed by atoms with Gasteiger partial charge < -0.3 is 9.47 Å². The maximum absolute atomic E-state index is 11.8. The lowest BCUT2D eigenvalue weighted by atomic mass is 10.1. The number of carbonyl (C=O) groups is 1. The van der Waals surface area contributed by atoms with Crippen molar-refractivity contribution in [3.05, 3.63) is 29.3 Å². The van der Waals surface area contributed by atoms with Crippen molar-refractivity contribution in [2.75, 3.05) is 13.0 Å². The van der Waals surface area contributed by atoms with Crippen molar-refractivity contribution >= 4 is 15.8 Å². The molecular formula is C11H12O5S. The van der Waals surface area contributed by atoms with E-state index in [9.17, 15) is 13.2 Å². The van der Waals surface area contributed by atoms with E-state index in [-0.39, 0.29) is 22.5 Å². The minimum absolute atomic E-state index is 0.152. The summed E-state index contributed by atoms with van der Waals surface area (Å²) in [5.41, 5.74) is 0.799. The van der Waals surface area contributed by atoms with E-state index in [0.717, 1.165) is 0 Å². The lowest BCUT2D eigenvalue weighted by Gasteiger charge is -2.23. The van der Waals surface area contributed by atoms with Crippen molar-refractivity contribution in [1.29, 1.82) is 0 Å². The van der Waals surface area contributed by atoms with Gasteiger partial charge >= 0.3 is 5.97 Å².